The number of hydrogen-bond donors (Lipinski definition) is 0. The number of carbonyl (C=O) groups excluding carboxylic acids is 1. The molecule has 1 aliphatic heterocycles. The molecule has 0 unspecified atom stereocenters. The van der Waals surface area contributed by atoms with Crippen molar-refractivity contribution in [2.75, 3.05) is 13.9 Å². The Balaban J connectivity index is 1.50. The molecule has 0 N–H and O–H groups in total. The van der Waals surface area contributed by atoms with E-state index in [1.807, 2.05) is 12.1 Å². The quantitative estimate of drug-likeness (QED) is 0.541. The van der Waals surface area contributed by atoms with Crippen molar-refractivity contribution in [2.24, 2.45) is 0 Å². The van der Waals surface area contributed by atoms with Gasteiger partial charge in [0.15, 0.2) is 11.5 Å². The Hall–Kier alpha value is -3.15. The number of esters is 1. The molecule has 3 aromatic rings. The van der Waals surface area contributed by atoms with E-state index in [4.69, 9.17) is 23.4 Å². The zero-order valence-electron chi connectivity index (χ0n) is 12.9. The van der Waals surface area contributed by atoms with Crippen LogP contribution in [0.2, 0.25) is 0 Å². The number of methoxy groups -OCH3 is 1. The van der Waals surface area contributed by atoms with E-state index in [0.717, 1.165) is 10.9 Å². The number of hydrogen-bond acceptors (Lipinski definition) is 6. The molecule has 0 saturated carbocycles. The van der Waals surface area contributed by atoms with Gasteiger partial charge in [-0.05, 0) is 24.3 Å². The summed E-state index contributed by atoms with van der Waals surface area (Å²) in [6.45, 7) is 0.178. The van der Waals surface area contributed by atoms with Crippen molar-refractivity contribution in [2.45, 2.75) is 6.42 Å². The molecule has 122 valence electrons. The van der Waals surface area contributed by atoms with Gasteiger partial charge in [-0.3, -0.25) is 4.79 Å². The van der Waals surface area contributed by atoms with Crippen LogP contribution in [-0.4, -0.2) is 19.9 Å². The molecular weight excluding hydrogens is 312 g/mol. The van der Waals surface area contributed by atoms with Crippen LogP contribution in [-0.2, 0) is 11.2 Å². The van der Waals surface area contributed by atoms with E-state index in [0.29, 0.717) is 28.6 Å². The van der Waals surface area contributed by atoms with Crippen molar-refractivity contribution in [1.82, 2.24) is 0 Å². The monoisotopic (exact) mass is 326 g/mol. The highest BCUT2D eigenvalue weighted by Gasteiger charge is 2.17. The number of furan rings is 1. The van der Waals surface area contributed by atoms with Gasteiger partial charge in [-0.1, -0.05) is 0 Å². The van der Waals surface area contributed by atoms with Crippen molar-refractivity contribution >= 4 is 16.9 Å². The number of benzene rings is 2. The Bertz CT molecular complexity index is 911. The lowest BCUT2D eigenvalue weighted by Gasteiger charge is -2.05. The van der Waals surface area contributed by atoms with E-state index < -0.39 is 0 Å². The number of ether oxygens (including phenoxy) is 4. The fourth-order valence-corrected chi connectivity index (χ4v) is 2.59. The number of carbonyl (C=O) groups is 1. The van der Waals surface area contributed by atoms with Gasteiger partial charge in [-0.25, -0.2) is 0 Å². The zero-order chi connectivity index (χ0) is 16.5. The highest BCUT2D eigenvalue weighted by atomic mass is 16.7. The molecule has 0 radical (unpaired) electrons. The lowest BCUT2D eigenvalue weighted by atomic mass is 10.1. The Kier molecular flexibility index (Phi) is 3.49. The van der Waals surface area contributed by atoms with Crippen LogP contribution in [0.4, 0.5) is 0 Å². The normalized spacial score (nSPS) is 12.4. The fraction of sp³-hybridized carbons (Fsp3) is 0.167. The van der Waals surface area contributed by atoms with Crippen molar-refractivity contribution < 1.29 is 28.2 Å². The number of fused-ring (bicyclic) bond motifs is 2. The van der Waals surface area contributed by atoms with Crippen LogP contribution in [0.25, 0.3) is 11.0 Å². The summed E-state index contributed by atoms with van der Waals surface area (Å²) in [6, 6.07) is 10.5. The summed E-state index contributed by atoms with van der Waals surface area (Å²) in [6.07, 6.45) is 1.67. The van der Waals surface area contributed by atoms with E-state index in [-0.39, 0.29) is 19.2 Å². The van der Waals surface area contributed by atoms with E-state index in [9.17, 15) is 4.79 Å². The molecule has 0 amide bonds. The molecule has 2 aromatic carbocycles. The molecule has 1 aromatic heterocycles. The van der Waals surface area contributed by atoms with Crippen LogP contribution in [0.1, 0.15) is 5.56 Å². The lowest BCUT2D eigenvalue weighted by molar-refractivity contribution is -0.133. The summed E-state index contributed by atoms with van der Waals surface area (Å²) in [5.74, 6) is 1.95. The van der Waals surface area contributed by atoms with Crippen LogP contribution in [0.3, 0.4) is 0 Å². The van der Waals surface area contributed by atoms with Gasteiger partial charge in [0.2, 0.25) is 6.79 Å². The number of rotatable bonds is 4. The molecule has 24 heavy (non-hydrogen) atoms. The van der Waals surface area contributed by atoms with Gasteiger partial charge in [0.1, 0.15) is 17.1 Å². The highest BCUT2D eigenvalue weighted by molar-refractivity contribution is 5.87. The molecule has 4 rings (SSSR count). The Morgan fingerprint density at radius 1 is 1.08 bits per heavy atom. The summed E-state index contributed by atoms with van der Waals surface area (Å²) < 4.78 is 26.5. The molecule has 0 spiro atoms. The third kappa shape index (κ3) is 2.62. The Labute approximate surface area is 137 Å². The first-order valence-corrected chi connectivity index (χ1v) is 7.37. The van der Waals surface area contributed by atoms with Crippen molar-refractivity contribution in [1.29, 1.82) is 0 Å². The van der Waals surface area contributed by atoms with Gasteiger partial charge in [0.05, 0.1) is 19.8 Å². The molecule has 6 heteroatoms. The molecule has 0 bridgehead atoms. The topological polar surface area (TPSA) is 67.1 Å². The zero-order valence-corrected chi connectivity index (χ0v) is 12.9. The van der Waals surface area contributed by atoms with Gasteiger partial charge >= 0.3 is 5.97 Å². The smallest absolute Gasteiger partial charge is 0.315 e. The van der Waals surface area contributed by atoms with Crippen LogP contribution >= 0.6 is 0 Å². The highest BCUT2D eigenvalue weighted by Crippen LogP contribution is 2.35. The Morgan fingerprint density at radius 3 is 2.79 bits per heavy atom. The second kappa shape index (κ2) is 5.81. The Morgan fingerprint density at radius 2 is 1.92 bits per heavy atom. The molecule has 2 heterocycles. The van der Waals surface area contributed by atoms with Crippen molar-refractivity contribution in [3.05, 3.63) is 48.2 Å². The first-order valence-electron chi connectivity index (χ1n) is 7.37. The minimum Gasteiger partial charge on any atom is -0.497 e. The second-order valence-corrected chi connectivity index (χ2v) is 5.29. The minimum absolute atomic E-state index is 0.105. The van der Waals surface area contributed by atoms with Crippen molar-refractivity contribution in [3.63, 3.8) is 0 Å². The van der Waals surface area contributed by atoms with E-state index >= 15 is 0 Å². The summed E-state index contributed by atoms with van der Waals surface area (Å²) >= 11 is 0. The van der Waals surface area contributed by atoms with Gasteiger partial charge in [-0.2, -0.15) is 0 Å². The molecular formula is C18H14O6. The maximum atomic E-state index is 12.2. The standard InChI is InChI=1S/C18H14O6/c1-20-12-2-4-14-11(9-21-16(14)7-12)6-18(19)24-13-3-5-15-17(8-13)23-10-22-15/h2-5,7-9H,6,10H2,1H3. The van der Waals surface area contributed by atoms with E-state index in [1.165, 1.54) is 0 Å². The maximum Gasteiger partial charge on any atom is 0.315 e. The van der Waals surface area contributed by atoms with Gasteiger partial charge in [0.25, 0.3) is 0 Å². The van der Waals surface area contributed by atoms with E-state index in [1.54, 1.807) is 37.6 Å². The minimum atomic E-state index is -0.382. The molecule has 1 aliphatic rings. The average molecular weight is 326 g/mol. The molecule has 6 nitrogen and oxygen atoms in total. The van der Waals surface area contributed by atoms with E-state index in [2.05, 4.69) is 0 Å². The summed E-state index contributed by atoms with van der Waals surface area (Å²) in [5, 5.41) is 0.860. The van der Waals surface area contributed by atoms with Crippen molar-refractivity contribution in [3.8, 4) is 23.0 Å². The van der Waals surface area contributed by atoms with Crippen LogP contribution in [0.5, 0.6) is 23.0 Å². The summed E-state index contributed by atoms with van der Waals surface area (Å²) in [7, 11) is 1.59. The largest absolute Gasteiger partial charge is 0.497 e. The molecule has 0 fully saturated rings. The average Bonchev–Trinajstić information content (AvgIpc) is 3.21. The van der Waals surface area contributed by atoms with Crippen LogP contribution in [0.15, 0.2) is 47.1 Å². The molecule has 0 saturated heterocycles. The summed E-state index contributed by atoms with van der Waals surface area (Å²) in [4.78, 5) is 12.2. The first kappa shape index (κ1) is 14.4. The lowest BCUT2D eigenvalue weighted by Crippen LogP contribution is -2.10. The van der Waals surface area contributed by atoms with Gasteiger partial charge in [-0.15, -0.1) is 0 Å². The van der Waals surface area contributed by atoms with Crippen LogP contribution in [0, 0.1) is 0 Å². The predicted molar refractivity (Wildman–Crippen MR) is 84.7 cm³/mol. The maximum absolute atomic E-state index is 12.2. The first-order chi connectivity index (χ1) is 11.7. The fourth-order valence-electron chi connectivity index (χ4n) is 2.59. The van der Waals surface area contributed by atoms with Gasteiger partial charge < -0.3 is 23.4 Å². The third-order valence-electron chi connectivity index (χ3n) is 3.77. The SMILES string of the molecule is COc1ccc2c(CC(=O)Oc3ccc4c(c3)OCO4)coc2c1. The predicted octanol–water partition coefficient (Wildman–Crippen LogP) is 3.32. The molecule has 0 atom stereocenters. The van der Waals surface area contributed by atoms with Gasteiger partial charge in [0, 0.05) is 23.1 Å². The third-order valence-corrected chi connectivity index (χ3v) is 3.77. The second-order valence-electron chi connectivity index (χ2n) is 5.29. The molecule has 0 aliphatic carbocycles. The summed E-state index contributed by atoms with van der Waals surface area (Å²) in [5.41, 5.74) is 1.43. The van der Waals surface area contributed by atoms with Crippen LogP contribution < -0.4 is 18.9 Å².